The summed E-state index contributed by atoms with van der Waals surface area (Å²) < 4.78 is 57.9. The molecular formula is C24H20F4N4O. The molecular weight excluding hydrogens is 436 g/mol. The van der Waals surface area contributed by atoms with Gasteiger partial charge >= 0.3 is 6.36 Å². The van der Waals surface area contributed by atoms with Gasteiger partial charge in [0.15, 0.2) is 0 Å². The third-order valence-electron chi connectivity index (χ3n) is 4.86. The molecule has 2 aromatic heterocycles. The smallest absolute Gasteiger partial charge is 0.406 e. The Labute approximate surface area is 187 Å². The van der Waals surface area contributed by atoms with Gasteiger partial charge in [-0.2, -0.15) is 5.10 Å². The van der Waals surface area contributed by atoms with Crippen LogP contribution in [0.5, 0.6) is 5.75 Å². The minimum atomic E-state index is -4.94. The molecule has 170 valence electrons. The maximum absolute atomic E-state index is 14.2. The van der Waals surface area contributed by atoms with E-state index >= 15 is 0 Å². The number of benzene rings is 1. The molecule has 33 heavy (non-hydrogen) atoms. The van der Waals surface area contributed by atoms with Gasteiger partial charge < -0.3 is 4.74 Å². The van der Waals surface area contributed by atoms with Crippen molar-refractivity contribution in [2.24, 2.45) is 0 Å². The van der Waals surface area contributed by atoms with Crippen LogP contribution in [0, 0.1) is 5.82 Å². The monoisotopic (exact) mass is 456 g/mol. The van der Waals surface area contributed by atoms with Crippen molar-refractivity contribution < 1.29 is 22.3 Å². The van der Waals surface area contributed by atoms with Gasteiger partial charge in [0, 0.05) is 30.9 Å². The summed E-state index contributed by atoms with van der Waals surface area (Å²) in [5.41, 5.74) is 2.55. The minimum Gasteiger partial charge on any atom is -0.406 e. The lowest BCUT2D eigenvalue weighted by molar-refractivity contribution is -0.274. The van der Waals surface area contributed by atoms with Crippen molar-refractivity contribution in [3.8, 4) is 22.7 Å². The van der Waals surface area contributed by atoms with Gasteiger partial charge in [-0.05, 0) is 43.0 Å². The summed E-state index contributed by atoms with van der Waals surface area (Å²) in [6.07, 6.45) is 7.99. The number of ether oxygens (including phenoxy) is 1. The molecule has 0 N–H and O–H groups in total. The first-order valence-electron chi connectivity index (χ1n) is 10.1. The van der Waals surface area contributed by atoms with Crippen molar-refractivity contribution in [2.45, 2.75) is 6.36 Å². The Morgan fingerprint density at radius 2 is 1.91 bits per heavy atom. The van der Waals surface area contributed by atoms with Crippen molar-refractivity contribution in [3.05, 3.63) is 90.7 Å². The van der Waals surface area contributed by atoms with Gasteiger partial charge in [0.05, 0.1) is 23.3 Å². The van der Waals surface area contributed by atoms with Crippen LogP contribution in [-0.2, 0) is 0 Å². The lowest BCUT2D eigenvalue weighted by atomic mass is 10.1. The Bertz CT molecular complexity index is 1210. The average molecular weight is 456 g/mol. The van der Waals surface area contributed by atoms with Gasteiger partial charge in [-0.1, -0.05) is 30.4 Å². The number of halogens is 4. The van der Waals surface area contributed by atoms with Crippen molar-refractivity contribution >= 4 is 5.57 Å². The highest BCUT2D eigenvalue weighted by Crippen LogP contribution is 2.32. The third kappa shape index (κ3) is 5.75. The van der Waals surface area contributed by atoms with Crippen LogP contribution < -0.4 is 4.74 Å². The number of allylic oxidation sites excluding steroid dienone is 4. The number of nitrogens with zero attached hydrogens (tertiary/aromatic N) is 4. The Hall–Kier alpha value is -3.72. The van der Waals surface area contributed by atoms with Crippen molar-refractivity contribution in [2.75, 3.05) is 20.1 Å². The number of hydrogen-bond donors (Lipinski definition) is 0. The molecule has 0 aliphatic carbocycles. The highest BCUT2D eigenvalue weighted by Gasteiger charge is 2.31. The summed E-state index contributed by atoms with van der Waals surface area (Å²) in [7, 11) is 1.98. The summed E-state index contributed by atoms with van der Waals surface area (Å²) in [4.78, 5) is 6.21. The molecule has 1 aliphatic heterocycles. The molecule has 0 bridgehead atoms. The van der Waals surface area contributed by atoms with Crippen LogP contribution in [-0.4, -0.2) is 46.2 Å². The fourth-order valence-electron chi connectivity index (χ4n) is 3.37. The molecule has 0 saturated carbocycles. The van der Waals surface area contributed by atoms with Gasteiger partial charge in [0.2, 0.25) is 0 Å². The maximum atomic E-state index is 14.2. The van der Waals surface area contributed by atoms with Gasteiger partial charge in [-0.25, -0.2) is 9.07 Å². The molecule has 9 heteroatoms. The van der Waals surface area contributed by atoms with Gasteiger partial charge in [0.25, 0.3) is 0 Å². The van der Waals surface area contributed by atoms with E-state index in [-0.39, 0.29) is 5.56 Å². The molecule has 0 spiro atoms. The largest absolute Gasteiger partial charge is 0.573 e. The number of hydrogen-bond acceptors (Lipinski definition) is 4. The number of likely N-dealkylation sites (N-methyl/N-ethyl adjacent to an activating group) is 1. The third-order valence-corrected chi connectivity index (χ3v) is 4.86. The number of rotatable bonds is 4. The standard InChI is InChI=1S/C24H20F4N4O/c1-31-10-4-2-3-6-17(8-11-31)22-15-23(32(30-22)20-7-5-9-29-16-20)18-12-19(25)14-21(13-18)33-24(26,27)28/h2-9,12-16H,10-11H2,1H3. The second-order valence-corrected chi connectivity index (χ2v) is 7.43. The minimum absolute atomic E-state index is 0.182. The summed E-state index contributed by atoms with van der Waals surface area (Å²) >= 11 is 0. The van der Waals surface area contributed by atoms with Crippen LogP contribution in [0.15, 0.2) is 79.2 Å². The molecule has 4 rings (SSSR count). The van der Waals surface area contributed by atoms with Crippen molar-refractivity contribution in [3.63, 3.8) is 0 Å². The van der Waals surface area contributed by atoms with Gasteiger partial charge in [-0.3, -0.25) is 9.88 Å². The first-order chi connectivity index (χ1) is 15.8. The summed E-state index contributed by atoms with van der Waals surface area (Å²) in [6.45, 7) is 1.46. The van der Waals surface area contributed by atoms with Crippen LogP contribution in [0.25, 0.3) is 22.5 Å². The molecule has 3 aromatic rings. The number of alkyl halides is 3. The van der Waals surface area contributed by atoms with E-state index in [1.54, 1.807) is 30.6 Å². The second kappa shape index (κ2) is 9.41. The van der Waals surface area contributed by atoms with E-state index in [0.717, 1.165) is 24.3 Å². The van der Waals surface area contributed by atoms with E-state index in [0.29, 0.717) is 29.7 Å². The quantitative estimate of drug-likeness (QED) is 0.492. The molecule has 1 aliphatic rings. The molecule has 0 amide bonds. The summed E-state index contributed by atoms with van der Waals surface area (Å²) in [5, 5.41) is 4.67. The first kappa shape index (κ1) is 22.5. The predicted octanol–water partition coefficient (Wildman–Crippen LogP) is 5.41. The Morgan fingerprint density at radius 3 is 2.67 bits per heavy atom. The molecule has 0 unspecified atom stereocenters. The van der Waals surface area contributed by atoms with Crippen LogP contribution in [0.4, 0.5) is 17.6 Å². The zero-order valence-corrected chi connectivity index (χ0v) is 17.6. The van der Waals surface area contributed by atoms with Crippen LogP contribution in [0.2, 0.25) is 0 Å². The number of pyridine rings is 1. The lowest BCUT2D eigenvalue weighted by Gasteiger charge is -2.11. The summed E-state index contributed by atoms with van der Waals surface area (Å²) in [6, 6.07) is 8.13. The van der Waals surface area contributed by atoms with E-state index in [2.05, 4.69) is 19.7 Å². The Kier molecular flexibility index (Phi) is 6.41. The fourth-order valence-corrected chi connectivity index (χ4v) is 3.37. The molecule has 0 radical (unpaired) electrons. The molecule has 0 fully saturated rings. The normalized spacial score (nSPS) is 15.0. The van der Waals surface area contributed by atoms with Crippen LogP contribution in [0.1, 0.15) is 5.69 Å². The van der Waals surface area contributed by atoms with Gasteiger partial charge in [0.1, 0.15) is 11.6 Å². The van der Waals surface area contributed by atoms with E-state index < -0.39 is 17.9 Å². The van der Waals surface area contributed by atoms with Crippen LogP contribution >= 0.6 is 0 Å². The van der Waals surface area contributed by atoms with Crippen LogP contribution in [0.3, 0.4) is 0 Å². The fraction of sp³-hybridized carbons (Fsp3) is 0.167. The Morgan fingerprint density at radius 1 is 1.06 bits per heavy atom. The van der Waals surface area contributed by atoms with Crippen molar-refractivity contribution in [1.82, 2.24) is 19.7 Å². The Balaban J connectivity index is 1.85. The van der Waals surface area contributed by atoms with E-state index in [1.807, 2.05) is 37.4 Å². The van der Waals surface area contributed by atoms with E-state index in [4.69, 9.17) is 0 Å². The predicted molar refractivity (Wildman–Crippen MR) is 117 cm³/mol. The summed E-state index contributed by atoms with van der Waals surface area (Å²) in [5.74, 6) is -1.51. The molecule has 1 aromatic carbocycles. The van der Waals surface area contributed by atoms with Crippen molar-refractivity contribution in [1.29, 1.82) is 0 Å². The lowest BCUT2D eigenvalue weighted by Crippen LogP contribution is -2.18. The molecule has 5 nitrogen and oxygen atoms in total. The van der Waals surface area contributed by atoms with E-state index in [1.165, 1.54) is 4.68 Å². The highest BCUT2D eigenvalue weighted by atomic mass is 19.4. The second-order valence-electron chi connectivity index (χ2n) is 7.43. The SMILES string of the molecule is CN1CC=CC=CC(c2cc(-c3cc(F)cc(OC(F)(F)F)c3)n(-c3cccnc3)n2)=CC1. The highest BCUT2D eigenvalue weighted by molar-refractivity contribution is 5.76. The topological polar surface area (TPSA) is 43.2 Å². The molecule has 0 atom stereocenters. The molecule has 0 saturated heterocycles. The van der Waals surface area contributed by atoms with E-state index in [9.17, 15) is 17.6 Å². The number of aromatic nitrogens is 3. The average Bonchev–Trinajstić information content (AvgIpc) is 3.22. The van der Waals surface area contributed by atoms with Gasteiger partial charge in [-0.15, -0.1) is 13.2 Å². The zero-order valence-electron chi connectivity index (χ0n) is 17.6. The maximum Gasteiger partial charge on any atom is 0.573 e. The first-order valence-corrected chi connectivity index (χ1v) is 10.1. The zero-order chi connectivity index (χ0) is 23.4. The molecule has 3 heterocycles.